The van der Waals surface area contributed by atoms with E-state index in [0.29, 0.717) is 78.1 Å². The number of primary amides is 3. The van der Waals surface area contributed by atoms with Crippen molar-refractivity contribution in [1.29, 1.82) is 0 Å². The van der Waals surface area contributed by atoms with Gasteiger partial charge in [-0.2, -0.15) is 0 Å². The van der Waals surface area contributed by atoms with Gasteiger partial charge in [-0.3, -0.25) is 0 Å². The summed E-state index contributed by atoms with van der Waals surface area (Å²) in [5.74, 6) is 0. The van der Waals surface area contributed by atoms with Crippen LogP contribution in [-0.4, -0.2) is 223 Å². The van der Waals surface area contributed by atoms with Gasteiger partial charge in [0.05, 0.1) is 39.6 Å². The molecular weight excluding hydrogens is 1560 g/mol. The molecule has 36 nitrogen and oxygen atoms in total. The summed E-state index contributed by atoms with van der Waals surface area (Å²) in [6.07, 6.45) is 16.9. The molecule has 120 heavy (non-hydrogen) atoms. The third-order valence-electron chi connectivity index (χ3n) is 11.3. The lowest BCUT2D eigenvalue weighted by molar-refractivity contribution is 0.139. The number of rotatable bonds is 43. The Morgan fingerprint density at radius 2 is 0.633 bits per heavy atom. The molecule has 0 saturated carbocycles. The molecule has 36 heteroatoms. The van der Waals surface area contributed by atoms with Gasteiger partial charge in [-0.1, -0.05) is 127 Å². The average Bonchev–Trinajstić information content (AvgIpc) is 0.958. The van der Waals surface area contributed by atoms with Crippen molar-refractivity contribution in [3.63, 3.8) is 0 Å². The summed E-state index contributed by atoms with van der Waals surface area (Å²) < 4.78 is 52.4. The van der Waals surface area contributed by atoms with Crippen LogP contribution in [0, 0.1) is 0 Å². The number of alkyl carbamates (subject to hydrolysis) is 8. The largest absolute Gasteiger partial charge is 0.450 e. The quantitative estimate of drug-likeness (QED) is 0.0117. The van der Waals surface area contributed by atoms with E-state index in [9.17, 15) is 52.7 Å². The predicted molar refractivity (Wildman–Crippen MR) is 467 cm³/mol. The van der Waals surface area contributed by atoms with Gasteiger partial charge in [0, 0.05) is 47.8 Å². The van der Waals surface area contributed by atoms with Crippen LogP contribution in [0.5, 0.6) is 0 Å². The zero-order valence-electron chi connectivity index (χ0n) is 73.8. The lowest BCUT2D eigenvalue weighted by Crippen LogP contribution is -2.40. The second kappa shape index (κ2) is 82.1. The molecule has 17 N–H and O–H groups in total. The highest BCUT2D eigenvalue weighted by Crippen LogP contribution is 2.08. The number of carbonyl (C=O) groups is 11. The Morgan fingerprint density at radius 1 is 0.342 bits per heavy atom. The maximum Gasteiger partial charge on any atom is 0.407 e. The van der Waals surface area contributed by atoms with Gasteiger partial charge in [0.1, 0.15) is 52.9 Å². The van der Waals surface area contributed by atoms with E-state index >= 15 is 0 Å². The fraction of sp³-hybridized carbons (Fsp3) is 0.512. The predicted octanol–water partition coefficient (Wildman–Crippen LogP) is 12.8. The third-order valence-corrected chi connectivity index (χ3v) is 11.3. The highest BCUT2D eigenvalue weighted by atomic mass is 16.6. The van der Waals surface area contributed by atoms with E-state index in [1.807, 2.05) is 142 Å². The molecule has 0 atom stereocenters. The first-order valence-electron chi connectivity index (χ1n) is 37.9. The summed E-state index contributed by atoms with van der Waals surface area (Å²) in [4.78, 5) is 119. The Hall–Kier alpha value is -12.1. The molecule has 684 valence electrons. The van der Waals surface area contributed by atoms with Crippen LogP contribution >= 0.6 is 0 Å². The van der Waals surface area contributed by atoms with Crippen LogP contribution in [0.4, 0.5) is 52.7 Å². The molecule has 0 rings (SSSR count). The first kappa shape index (κ1) is 124. The van der Waals surface area contributed by atoms with Gasteiger partial charge in [-0.25, -0.2) is 52.7 Å². The van der Waals surface area contributed by atoms with Gasteiger partial charge < -0.3 is 127 Å². The number of amides is 11. The third kappa shape index (κ3) is 112. The van der Waals surface area contributed by atoms with Crippen LogP contribution in [0.2, 0.25) is 0 Å². The topological polar surface area (TPSA) is 524 Å². The number of nitrogens with one attached hydrogen (secondary N) is 8. The Labute approximate surface area is 711 Å². The summed E-state index contributed by atoms with van der Waals surface area (Å²) in [6.45, 7) is 68.9. The van der Waals surface area contributed by atoms with Crippen molar-refractivity contribution in [3.8, 4) is 0 Å². The molecule has 0 radical (unpaired) electrons. The Balaban J connectivity index is -0.000000199. The number of nitrogens with two attached hydrogens (primary N) is 3. The van der Waals surface area contributed by atoms with Gasteiger partial charge in [0.25, 0.3) is 0 Å². The van der Waals surface area contributed by atoms with Gasteiger partial charge in [-0.15, -0.1) is 0 Å². The Bertz CT molecular complexity index is 3240. The Morgan fingerprint density at radius 3 is 0.958 bits per heavy atom. The molecule has 11 amide bonds. The number of hydrogen-bond donors (Lipinski definition) is 14. The number of aliphatic hydroxyl groups excluding tert-OH is 3. The molecule has 0 aromatic rings. The zero-order valence-corrected chi connectivity index (χ0v) is 73.8. The molecule has 0 unspecified atom stereocenters. The highest BCUT2D eigenvalue weighted by molar-refractivity contribution is 5.71. The molecular formula is C84H143N11O25. The minimum atomic E-state index is -0.891. The summed E-state index contributed by atoms with van der Waals surface area (Å²) >= 11 is 0. The van der Waals surface area contributed by atoms with Crippen LogP contribution < -0.4 is 59.7 Å². The zero-order chi connectivity index (χ0) is 94.2. The van der Waals surface area contributed by atoms with E-state index in [4.69, 9.17) is 70.4 Å². The molecule has 0 aromatic heterocycles. The smallest absolute Gasteiger partial charge is 0.407 e. The molecule has 0 aliphatic carbocycles. The normalized spacial score (nSPS) is 10.3. The van der Waals surface area contributed by atoms with Crippen molar-refractivity contribution in [1.82, 2.24) is 42.5 Å². The number of aliphatic hydroxyl groups is 3. The first-order chi connectivity index (χ1) is 55.9. The lowest BCUT2D eigenvalue weighted by atomic mass is 10.1. The number of ether oxygens (including phenoxy) is 11. The molecule has 0 heterocycles. The van der Waals surface area contributed by atoms with Gasteiger partial charge in [0.2, 0.25) is 0 Å². The standard InChI is InChI=1S/C11H18N2O4.C11H20N2O4.C11H18N2O4.C11H19NO2.3C10H17NO3.C10H17NO2/c1-7(2)13-11(15)17-6-9(4)8(3)5-16-10(12)14;1-8(2)13-11(15)16-6-4-5-9(3)7-17-10(12)14;1-8(2)13-11(15)17-7-9(3)5-4-6-16-10(12)14;1-5-6-7-8-9-14-10(13)12-11(2,3)4;1-7(2)11-10(13)14-6-9(4)8(3)5-12;1-8(2)11-10(13)14-6-4-5-9(3)7-12;1-8(2)11-10(13)14-7-9(3)5-4-6-12;1-4-5-6-7-8-13-10(12)11-9(2)3/h7H,3-6H2,1-2H3,(H2,12,14)(H,13,15);8H,3-7H2,1-2H3,(H2,12,14)(H,13,15);4-5,8H,3,6-7H2,1-2H3,(H2,12,14)(H,13,15);5-7H,1,8-9H2,2-4H3,(H,12,13);7,12H,3-6H2,1-2H3,(H,11,13);2*4-5,8,12H,3,6-7H2,1-2H3,(H,11,13);4-6,9H,1,7-8H2,2-3H3,(H,11,12)/b;;;7-6+;;;;6-5+. The highest BCUT2D eigenvalue weighted by Gasteiger charge is 2.15. The van der Waals surface area contributed by atoms with Crippen molar-refractivity contribution >= 4 is 67.0 Å². The van der Waals surface area contributed by atoms with E-state index in [1.165, 1.54) is 6.08 Å². The molecule has 0 aliphatic rings. The molecule has 0 fully saturated rings. The second-order valence-electron chi connectivity index (χ2n) is 27.5. The van der Waals surface area contributed by atoms with E-state index in [0.717, 1.165) is 12.0 Å². The van der Waals surface area contributed by atoms with E-state index < -0.39 is 54.8 Å². The maximum absolute atomic E-state index is 11.1. The summed E-state index contributed by atoms with van der Waals surface area (Å²) in [5, 5.41) is 46.5. The minimum absolute atomic E-state index is 0.00263. The molecule has 0 saturated heterocycles. The van der Waals surface area contributed by atoms with Crippen molar-refractivity contribution in [2.24, 2.45) is 17.2 Å². The maximum atomic E-state index is 11.1. The molecule has 0 aliphatic heterocycles. The monoisotopic (exact) mass is 1710 g/mol. The van der Waals surface area contributed by atoms with Crippen LogP contribution in [-0.2, 0) is 52.1 Å². The average molecular weight is 1710 g/mol. The van der Waals surface area contributed by atoms with Gasteiger partial charge >= 0.3 is 67.0 Å². The number of carbonyl (C=O) groups excluding carboxylic acids is 11. The van der Waals surface area contributed by atoms with Crippen molar-refractivity contribution in [2.75, 3.05) is 92.5 Å². The van der Waals surface area contributed by atoms with Crippen molar-refractivity contribution in [3.05, 3.63) is 183 Å². The van der Waals surface area contributed by atoms with Crippen LogP contribution in [0.3, 0.4) is 0 Å². The van der Waals surface area contributed by atoms with Crippen LogP contribution in [0.25, 0.3) is 0 Å². The fourth-order valence-electron chi connectivity index (χ4n) is 6.09. The lowest BCUT2D eigenvalue weighted by Gasteiger charge is -2.19. The Kier molecular flexibility index (Phi) is 84.5. The fourth-order valence-corrected chi connectivity index (χ4v) is 6.09. The van der Waals surface area contributed by atoms with Crippen LogP contribution in [0.15, 0.2) is 183 Å². The molecule has 0 aromatic carbocycles. The van der Waals surface area contributed by atoms with Gasteiger partial charge in [-0.05, 0) is 200 Å². The van der Waals surface area contributed by atoms with E-state index in [1.54, 1.807) is 42.5 Å². The summed E-state index contributed by atoms with van der Waals surface area (Å²) in [5.41, 5.74) is 18.5. The van der Waals surface area contributed by atoms with E-state index in [2.05, 4.69) is 123 Å². The van der Waals surface area contributed by atoms with Crippen LogP contribution in [0.1, 0.15) is 143 Å². The number of allylic oxidation sites excluding steroid dienone is 4. The molecule has 0 bridgehead atoms. The molecule has 0 spiro atoms. The first-order valence-corrected chi connectivity index (χ1v) is 37.9. The summed E-state index contributed by atoms with van der Waals surface area (Å²) in [7, 11) is 0. The summed E-state index contributed by atoms with van der Waals surface area (Å²) in [6, 6.07) is 0.365. The minimum Gasteiger partial charge on any atom is -0.450 e. The number of hydrogen-bond acceptors (Lipinski definition) is 25. The van der Waals surface area contributed by atoms with Crippen molar-refractivity contribution in [2.45, 2.75) is 191 Å². The second-order valence-corrected chi connectivity index (χ2v) is 27.5. The SMILES string of the molecule is C=C(C=CCO)COC(=O)NC(C)C.C=C(C=CCOC(=O)NC(C)C)CO.C=C(C=CCOC(N)=O)COC(=O)NC(C)C.C=C(CCCOC(=O)NC(C)C)COC(N)=O.C=C(CO)C(=C)COC(=O)NC(C)C.C=C(COC(N)=O)C(=C)COC(=O)NC(C)C.C=C/C=C/CCOC(=O)NC(C)(C)C.C=C/C=C/CCOC(=O)NC(C)C. The van der Waals surface area contributed by atoms with Gasteiger partial charge in [0.15, 0.2) is 0 Å². The van der Waals surface area contributed by atoms with Crippen molar-refractivity contribution < 1.29 is 120 Å². The van der Waals surface area contributed by atoms with E-state index in [-0.39, 0.29) is 133 Å².